The van der Waals surface area contributed by atoms with Gasteiger partial charge in [-0.2, -0.15) is 5.10 Å². The molecule has 1 saturated heterocycles. The molecule has 0 bridgehead atoms. The van der Waals surface area contributed by atoms with Crippen molar-refractivity contribution in [3.05, 3.63) is 60.0 Å². The number of rotatable bonds is 7. The van der Waals surface area contributed by atoms with E-state index in [2.05, 4.69) is 25.3 Å². The molecule has 31 heavy (non-hydrogen) atoms. The van der Waals surface area contributed by atoms with Gasteiger partial charge in [0.2, 0.25) is 0 Å². The zero-order valence-corrected chi connectivity index (χ0v) is 18.5. The van der Waals surface area contributed by atoms with Gasteiger partial charge in [0.1, 0.15) is 11.6 Å². The van der Waals surface area contributed by atoms with Gasteiger partial charge in [0, 0.05) is 43.7 Å². The zero-order chi connectivity index (χ0) is 21.6. The molecule has 8 nitrogen and oxygen atoms in total. The Kier molecular flexibility index (Phi) is 6.83. The number of likely N-dealkylation sites (tertiary alicyclic amines) is 1. The second kappa shape index (κ2) is 9.93. The predicted molar refractivity (Wildman–Crippen MR) is 121 cm³/mol. The number of methoxy groups -OCH3 is 1. The van der Waals surface area contributed by atoms with E-state index in [1.807, 2.05) is 41.5 Å². The van der Waals surface area contributed by atoms with Gasteiger partial charge in [0.25, 0.3) is 5.91 Å². The summed E-state index contributed by atoms with van der Waals surface area (Å²) in [7, 11) is 1.56. The summed E-state index contributed by atoms with van der Waals surface area (Å²) in [5.41, 5.74) is 1.63. The molecular formula is C22H26N6O2S. The summed E-state index contributed by atoms with van der Waals surface area (Å²) < 4.78 is 7.24. The Hall–Kier alpha value is -2.91. The molecule has 1 aromatic carbocycles. The first-order valence-corrected chi connectivity index (χ1v) is 11.5. The monoisotopic (exact) mass is 438 g/mol. The normalized spacial score (nSPS) is 15.0. The van der Waals surface area contributed by atoms with Crippen molar-refractivity contribution in [2.45, 2.75) is 30.6 Å². The first kappa shape index (κ1) is 21.3. The minimum absolute atomic E-state index is 0.203. The number of carbonyl (C=O) groups is 1. The van der Waals surface area contributed by atoms with Crippen LogP contribution >= 0.6 is 11.8 Å². The fourth-order valence-electron chi connectivity index (χ4n) is 3.83. The lowest BCUT2D eigenvalue weighted by Crippen LogP contribution is -2.35. The van der Waals surface area contributed by atoms with E-state index in [-0.39, 0.29) is 11.9 Å². The summed E-state index contributed by atoms with van der Waals surface area (Å²) in [5.74, 6) is 1.05. The van der Waals surface area contributed by atoms with Crippen molar-refractivity contribution in [1.82, 2.24) is 24.6 Å². The van der Waals surface area contributed by atoms with E-state index in [9.17, 15) is 4.79 Å². The number of piperidine rings is 1. The Bertz CT molecular complexity index is 1010. The minimum atomic E-state index is -0.203. The number of aromatic nitrogens is 4. The van der Waals surface area contributed by atoms with E-state index in [1.165, 1.54) is 0 Å². The number of ether oxygens (including phenoxy) is 1. The quantitative estimate of drug-likeness (QED) is 0.446. The lowest BCUT2D eigenvalue weighted by molar-refractivity contribution is 0.102. The van der Waals surface area contributed by atoms with Crippen LogP contribution in [0.15, 0.2) is 54.1 Å². The van der Waals surface area contributed by atoms with Crippen molar-refractivity contribution in [1.29, 1.82) is 0 Å². The van der Waals surface area contributed by atoms with Gasteiger partial charge in [0.05, 0.1) is 24.9 Å². The maximum absolute atomic E-state index is 12.8. The van der Waals surface area contributed by atoms with Gasteiger partial charge < -0.3 is 10.1 Å². The van der Waals surface area contributed by atoms with Crippen LogP contribution in [0.2, 0.25) is 0 Å². The number of benzene rings is 1. The van der Waals surface area contributed by atoms with Crippen LogP contribution in [0.25, 0.3) is 0 Å². The smallest absolute Gasteiger partial charge is 0.260 e. The van der Waals surface area contributed by atoms with Crippen LogP contribution in [0.1, 0.15) is 34.8 Å². The lowest BCUT2D eigenvalue weighted by Gasteiger charge is -2.32. The van der Waals surface area contributed by atoms with Gasteiger partial charge in [-0.3, -0.25) is 9.69 Å². The number of hydrogen-bond acceptors (Lipinski definition) is 7. The Labute approximate surface area is 186 Å². The van der Waals surface area contributed by atoms with Gasteiger partial charge in [-0.15, -0.1) is 0 Å². The topological polar surface area (TPSA) is 85.2 Å². The average molecular weight is 439 g/mol. The van der Waals surface area contributed by atoms with E-state index in [1.54, 1.807) is 37.2 Å². The van der Waals surface area contributed by atoms with E-state index in [4.69, 9.17) is 4.74 Å². The predicted octanol–water partition coefficient (Wildman–Crippen LogP) is 3.49. The largest absolute Gasteiger partial charge is 0.496 e. The van der Waals surface area contributed by atoms with Gasteiger partial charge in [-0.1, -0.05) is 23.9 Å². The summed E-state index contributed by atoms with van der Waals surface area (Å²) in [6.45, 7) is 2.75. The van der Waals surface area contributed by atoms with Crippen LogP contribution in [0.5, 0.6) is 5.75 Å². The zero-order valence-electron chi connectivity index (χ0n) is 17.7. The fraction of sp³-hybridized carbons (Fsp3) is 0.364. The molecule has 0 radical (unpaired) electrons. The molecule has 1 N–H and O–H groups in total. The van der Waals surface area contributed by atoms with Crippen LogP contribution in [0, 0.1) is 0 Å². The molecular weight excluding hydrogens is 412 g/mol. The number of amides is 1. The molecule has 1 amide bonds. The molecule has 0 unspecified atom stereocenters. The Morgan fingerprint density at radius 1 is 1.19 bits per heavy atom. The highest BCUT2D eigenvalue weighted by molar-refractivity contribution is 7.98. The summed E-state index contributed by atoms with van der Waals surface area (Å²) >= 11 is 1.55. The molecule has 0 atom stereocenters. The third-order valence-corrected chi connectivity index (χ3v) is 6.01. The molecule has 9 heteroatoms. The second-order valence-corrected chi connectivity index (χ2v) is 8.17. The maximum Gasteiger partial charge on any atom is 0.260 e. The number of anilines is 1. The lowest BCUT2D eigenvalue weighted by atomic mass is 10.0. The van der Waals surface area contributed by atoms with Gasteiger partial charge in [-0.05, 0) is 31.2 Å². The molecule has 4 rings (SSSR count). The van der Waals surface area contributed by atoms with E-state index >= 15 is 0 Å². The van der Waals surface area contributed by atoms with Crippen LogP contribution in [-0.2, 0) is 6.54 Å². The number of nitrogens with zero attached hydrogens (tertiary/aromatic N) is 5. The van der Waals surface area contributed by atoms with E-state index < -0.39 is 0 Å². The third kappa shape index (κ3) is 5.05. The molecule has 1 aliphatic rings. The highest BCUT2D eigenvalue weighted by atomic mass is 32.2. The molecule has 1 fully saturated rings. The van der Waals surface area contributed by atoms with Crippen LogP contribution in [-0.4, -0.2) is 57.0 Å². The number of nitrogens with one attached hydrogen (secondary N) is 1. The van der Waals surface area contributed by atoms with E-state index in [0.717, 1.165) is 43.2 Å². The van der Waals surface area contributed by atoms with Gasteiger partial charge in [0.15, 0.2) is 5.16 Å². The fourth-order valence-corrected chi connectivity index (χ4v) is 4.15. The number of thioether (sulfide) groups is 1. The summed E-state index contributed by atoms with van der Waals surface area (Å²) in [4.78, 5) is 23.9. The highest BCUT2D eigenvalue weighted by Gasteiger charge is 2.24. The molecule has 2 aromatic heterocycles. The number of hydrogen-bond donors (Lipinski definition) is 1. The van der Waals surface area contributed by atoms with Crippen molar-refractivity contribution in [2.75, 3.05) is 31.8 Å². The molecule has 162 valence electrons. The molecule has 0 aliphatic carbocycles. The third-order valence-electron chi connectivity index (χ3n) is 5.44. The standard InChI is InChI=1S/C22H26N6O2S/c1-30-19-6-4-3-5-18(19)21(29)26-20-7-10-25-28(20)17-8-11-27(12-9-17)15-16-13-23-22(31-2)24-14-16/h3-7,10,13-14,17H,8-9,11-12,15H2,1-2H3,(H,26,29). The van der Waals surface area contributed by atoms with Crippen LogP contribution < -0.4 is 10.1 Å². The van der Waals surface area contributed by atoms with Crippen LogP contribution in [0.4, 0.5) is 5.82 Å². The SMILES string of the molecule is COc1ccccc1C(=O)Nc1ccnn1C1CCN(Cc2cnc(SC)nc2)CC1. The maximum atomic E-state index is 12.8. The number of para-hydroxylation sites is 1. The molecule has 3 aromatic rings. The summed E-state index contributed by atoms with van der Waals surface area (Å²) in [6, 6.07) is 9.28. The molecule has 3 heterocycles. The van der Waals surface area contributed by atoms with Crippen molar-refractivity contribution >= 4 is 23.5 Å². The first-order valence-electron chi connectivity index (χ1n) is 10.2. The highest BCUT2D eigenvalue weighted by Crippen LogP contribution is 2.27. The average Bonchev–Trinajstić information content (AvgIpc) is 3.28. The molecule has 0 spiro atoms. The second-order valence-electron chi connectivity index (χ2n) is 7.40. The minimum Gasteiger partial charge on any atom is -0.496 e. The Morgan fingerprint density at radius 2 is 1.94 bits per heavy atom. The molecule has 1 aliphatic heterocycles. The van der Waals surface area contributed by atoms with Crippen LogP contribution in [0.3, 0.4) is 0 Å². The van der Waals surface area contributed by atoms with Crippen molar-refractivity contribution < 1.29 is 9.53 Å². The van der Waals surface area contributed by atoms with Gasteiger partial charge >= 0.3 is 0 Å². The molecule has 0 saturated carbocycles. The number of carbonyl (C=O) groups excluding carboxylic acids is 1. The van der Waals surface area contributed by atoms with Crippen molar-refractivity contribution in [3.63, 3.8) is 0 Å². The Balaban J connectivity index is 1.36. The van der Waals surface area contributed by atoms with E-state index in [0.29, 0.717) is 17.1 Å². The van der Waals surface area contributed by atoms with Gasteiger partial charge in [-0.25, -0.2) is 14.6 Å². The summed E-state index contributed by atoms with van der Waals surface area (Å²) in [6.07, 6.45) is 9.44. The first-order chi connectivity index (χ1) is 15.2. The van der Waals surface area contributed by atoms with Crippen molar-refractivity contribution in [2.24, 2.45) is 0 Å². The van der Waals surface area contributed by atoms with Crippen molar-refractivity contribution in [3.8, 4) is 5.75 Å². The Morgan fingerprint density at radius 3 is 2.65 bits per heavy atom. The summed E-state index contributed by atoms with van der Waals surface area (Å²) in [5, 5.41) is 8.27.